The van der Waals surface area contributed by atoms with Crippen LogP contribution in [0.5, 0.6) is 5.75 Å². The van der Waals surface area contributed by atoms with Crippen LogP contribution >= 0.6 is 0 Å². The number of ether oxygens (including phenoxy) is 1. The lowest BCUT2D eigenvalue weighted by Gasteiger charge is -2.30. The number of hydrogen-bond donors (Lipinski definition) is 1. The maximum Gasteiger partial charge on any atom is 0.242 e. The number of benzene rings is 2. The van der Waals surface area contributed by atoms with Gasteiger partial charge >= 0.3 is 0 Å². The number of amides is 2. The predicted molar refractivity (Wildman–Crippen MR) is 127 cm³/mol. The zero-order valence-corrected chi connectivity index (χ0v) is 19.6. The fourth-order valence-electron chi connectivity index (χ4n) is 4.17. The summed E-state index contributed by atoms with van der Waals surface area (Å²) in [5, 5.41) is 3.15. The molecule has 0 aliphatic heterocycles. The van der Waals surface area contributed by atoms with Gasteiger partial charge in [0.25, 0.3) is 0 Å². The van der Waals surface area contributed by atoms with E-state index in [1.807, 2.05) is 63.2 Å². The lowest BCUT2D eigenvalue weighted by atomic mass is 10.1. The Morgan fingerprint density at radius 2 is 1.78 bits per heavy atom. The molecule has 0 radical (unpaired) electrons. The van der Waals surface area contributed by atoms with Gasteiger partial charge in [0.2, 0.25) is 11.8 Å². The van der Waals surface area contributed by atoms with Gasteiger partial charge in [-0.05, 0) is 57.7 Å². The molecule has 172 valence electrons. The van der Waals surface area contributed by atoms with Gasteiger partial charge in [-0.1, -0.05) is 60.4 Å². The summed E-state index contributed by atoms with van der Waals surface area (Å²) >= 11 is 0. The van der Waals surface area contributed by atoms with E-state index in [1.54, 1.807) is 4.90 Å². The van der Waals surface area contributed by atoms with Gasteiger partial charge in [0.1, 0.15) is 11.8 Å². The molecule has 0 saturated heterocycles. The van der Waals surface area contributed by atoms with E-state index in [4.69, 9.17) is 4.74 Å². The quantitative estimate of drug-likeness (QED) is 0.537. The van der Waals surface area contributed by atoms with Gasteiger partial charge in [0, 0.05) is 19.0 Å². The summed E-state index contributed by atoms with van der Waals surface area (Å²) in [5.74, 6) is 0.728. The molecule has 1 atom stereocenters. The first-order valence-corrected chi connectivity index (χ1v) is 11.8. The van der Waals surface area contributed by atoms with Crippen molar-refractivity contribution in [1.29, 1.82) is 0 Å². The van der Waals surface area contributed by atoms with Crippen molar-refractivity contribution in [3.8, 4) is 5.75 Å². The summed E-state index contributed by atoms with van der Waals surface area (Å²) in [7, 11) is 0. The van der Waals surface area contributed by atoms with Crippen LogP contribution in [0.2, 0.25) is 0 Å². The smallest absolute Gasteiger partial charge is 0.242 e. The number of hydrogen-bond acceptors (Lipinski definition) is 3. The van der Waals surface area contributed by atoms with E-state index >= 15 is 0 Å². The van der Waals surface area contributed by atoms with Crippen LogP contribution in [-0.2, 0) is 16.1 Å². The normalized spacial score (nSPS) is 14.7. The number of nitrogens with zero attached hydrogens (tertiary/aromatic N) is 1. The van der Waals surface area contributed by atoms with Gasteiger partial charge in [-0.15, -0.1) is 0 Å². The van der Waals surface area contributed by atoms with E-state index in [0.717, 1.165) is 42.6 Å². The Morgan fingerprint density at radius 3 is 2.47 bits per heavy atom. The predicted octanol–water partition coefficient (Wildman–Crippen LogP) is 4.94. The molecule has 0 heterocycles. The Bertz CT molecular complexity index is 888. The zero-order chi connectivity index (χ0) is 22.9. The van der Waals surface area contributed by atoms with Gasteiger partial charge in [0.15, 0.2) is 0 Å². The van der Waals surface area contributed by atoms with Crippen molar-refractivity contribution in [2.75, 3.05) is 6.61 Å². The van der Waals surface area contributed by atoms with Gasteiger partial charge in [-0.3, -0.25) is 9.59 Å². The van der Waals surface area contributed by atoms with E-state index in [2.05, 4.69) is 11.4 Å². The third kappa shape index (κ3) is 7.11. The molecule has 2 aromatic rings. The topological polar surface area (TPSA) is 58.6 Å². The average Bonchev–Trinajstić information content (AvgIpc) is 3.28. The fraction of sp³-hybridized carbons (Fsp3) is 0.481. The van der Waals surface area contributed by atoms with Crippen molar-refractivity contribution in [3.05, 3.63) is 65.2 Å². The van der Waals surface area contributed by atoms with Crippen LogP contribution < -0.4 is 10.1 Å². The molecule has 32 heavy (non-hydrogen) atoms. The Labute approximate surface area is 192 Å². The summed E-state index contributed by atoms with van der Waals surface area (Å²) in [6.45, 7) is 6.80. The molecule has 1 fully saturated rings. The molecule has 0 bridgehead atoms. The summed E-state index contributed by atoms with van der Waals surface area (Å²) in [5.41, 5.74) is 3.36. The van der Waals surface area contributed by atoms with Crippen molar-refractivity contribution >= 4 is 11.8 Å². The second-order valence-electron chi connectivity index (χ2n) is 8.94. The minimum absolute atomic E-state index is 0.0203. The molecule has 0 spiro atoms. The van der Waals surface area contributed by atoms with Crippen molar-refractivity contribution in [3.63, 3.8) is 0 Å². The molecular formula is C27H36N2O3. The first kappa shape index (κ1) is 23.8. The number of carbonyl (C=O) groups excluding carboxylic acids is 2. The van der Waals surface area contributed by atoms with Crippen molar-refractivity contribution in [1.82, 2.24) is 10.2 Å². The van der Waals surface area contributed by atoms with Gasteiger partial charge in [-0.2, -0.15) is 0 Å². The highest BCUT2D eigenvalue weighted by molar-refractivity contribution is 5.87. The molecule has 1 saturated carbocycles. The second-order valence-corrected chi connectivity index (χ2v) is 8.94. The maximum absolute atomic E-state index is 13.2. The van der Waals surface area contributed by atoms with Crippen LogP contribution in [0.25, 0.3) is 0 Å². The highest BCUT2D eigenvalue weighted by Gasteiger charge is 2.28. The molecule has 0 unspecified atom stereocenters. The van der Waals surface area contributed by atoms with Crippen LogP contribution in [0, 0.1) is 13.8 Å². The maximum atomic E-state index is 13.2. The Hall–Kier alpha value is -2.82. The molecule has 0 aromatic heterocycles. The number of carbonyl (C=O) groups is 2. The van der Waals surface area contributed by atoms with Crippen LogP contribution in [0.1, 0.15) is 62.1 Å². The van der Waals surface area contributed by atoms with Crippen LogP contribution in [0.15, 0.2) is 48.5 Å². The SMILES string of the molecule is Cc1ccc(OCCCC(=O)N(Cc2cccc(C)c2)[C@@H](C)C(=O)NC2CCCC2)cc1. The Kier molecular flexibility index (Phi) is 8.72. The molecule has 2 aromatic carbocycles. The summed E-state index contributed by atoms with van der Waals surface area (Å²) in [4.78, 5) is 27.8. The van der Waals surface area contributed by atoms with Crippen LogP contribution in [0.4, 0.5) is 0 Å². The van der Waals surface area contributed by atoms with Crippen LogP contribution in [-0.4, -0.2) is 35.4 Å². The molecular weight excluding hydrogens is 400 g/mol. The molecule has 3 rings (SSSR count). The van der Waals surface area contributed by atoms with Gasteiger partial charge < -0.3 is 15.0 Å². The van der Waals surface area contributed by atoms with E-state index in [-0.39, 0.29) is 17.9 Å². The van der Waals surface area contributed by atoms with E-state index in [9.17, 15) is 9.59 Å². The third-order valence-electron chi connectivity index (χ3n) is 6.13. The lowest BCUT2D eigenvalue weighted by Crippen LogP contribution is -2.49. The monoisotopic (exact) mass is 436 g/mol. The van der Waals surface area contributed by atoms with Gasteiger partial charge in [-0.25, -0.2) is 0 Å². The minimum atomic E-state index is -0.512. The molecule has 2 amide bonds. The lowest BCUT2D eigenvalue weighted by molar-refractivity contribution is -0.141. The molecule has 1 N–H and O–H groups in total. The van der Waals surface area contributed by atoms with E-state index in [0.29, 0.717) is 26.0 Å². The molecule has 5 nitrogen and oxygen atoms in total. The van der Waals surface area contributed by atoms with E-state index in [1.165, 1.54) is 5.56 Å². The van der Waals surface area contributed by atoms with Crippen LogP contribution in [0.3, 0.4) is 0 Å². The summed E-state index contributed by atoms with van der Waals surface area (Å²) < 4.78 is 5.77. The van der Waals surface area contributed by atoms with E-state index < -0.39 is 6.04 Å². The zero-order valence-electron chi connectivity index (χ0n) is 19.6. The first-order valence-electron chi connectivity index (χ1n) is 11.8. The molecule has 1 aliphatic rings. The Balaban J connectivity index is 1.59. The number of rotatable bonds is 10. The number of aryl methyl sites for hydroxylation is 2. The highest BCUT2D eigenvalue weighted by atomic mass is 16.5. The van der Waals surface area contributed by atoms with Crippen molar-refractivity contribution in [2.24, 2.45) is 0 Å². The molecule has 1 aliphatic carbocycles. The standard InChI is InChI=1S/C27H36N2O3/c1-20-13-15-25(16-14-20)32-17-7-12-26(30)29(19-23-9-6-8-21(2)18-23)22(3)27(31)28-24-10-4-5-11-24/h6,8-9,13-16,18,22,24H,4-5,7,10-12,17,19H2,1-3H3,(H,28,31)/t22-/m0/s1. The third-order valence-corrected chi connectivity index (χ3v) is 6.13. The highest BCUT2D eigenvalue weighted by Crippen LogP contribution is 2.19. The second kappa shape index (κ2) is 11.7. The van der Waals surface area contributed by atoms with Crippen molar-refractivity contribution in [2.45, 2.75) is 77.9 Å². The first-order chi connectivity index (χ1) is 15.4. The average molecular weight is 437 g/mol. The van der Waals surface area contributed by atoms with Crippen molar-refractivity contribution < 1.29 is 14.3 Å². The summed E-state index contributed by atoms with van der Waals surface area (Å²) in [6.07, 6.45) is 5.33. The van der Waals surface area contributed by atoms with Gasteiger partial charge in [0.05, 0.1) is 6.61 Å². The number of nitrogens with one attached hydrogen (secondary N) is 1. The fourth-order valence-corrected chi connectivity index (χ4v) is 4.17. The molecule has 5 heteroatoms. The Morgan fingerprint density at radius 1 is 1.06 bits per heavy atom. The minimum Gasteiger partial charge on any atom is -0.494 e. The summed E-state index contributed by atoms with van der Waals surface area (Å²) in [6, 6.07) is 15.7. The largest absolute Gasteiger partial charge is 0.494 e.